The fourth-order valence-corrected chi connectivity index (χ4v) is 3.38. The van der Waals surface area contributed by atoms with E-state index in [-0.39, 0.29) is 24.4 Å². The van der Waals surface area contributed by atoms with Crippen LogP contribution < -0.4 is 15.5 Å². The molecule has 0 bridgehead atoms. The number of hydrogen-bond donors (Lipinski definition) is 2. The SMILES string of the molecule is O=C(NCC(=O)N1CCN(c2cccc(Cl)c2)CC1)[C@@H]1CCCN1. The van der Waals surface area contributed by atoms with Crippen molar-refractivity contribution >= 4 is 29.1 Å². The van der Waals surface area contributed by atoms with Gasteiger partial charge in [0.05, 0.1) is 12.6 Å². The molecule has 2 saturated heterocycles. The van der Waals surface area contributed by atoms with Crippen LogP contribution in [0, 0.1) is 0 Å². The van der Waals surface area contributed by atoms with Crippen molar-refractivity contribution in [1.29, 1.82) is 0 Å². The molecule has 2 N–H and O–H groups in total. The molecule has 2 aliphatic heterocycles. The van der Waals surface area contributed by atoms with Crippen LogP contribution in [0.5, 0.6) is 0 Å². The number of halogens is 1. The summed E-state index contributed by atoms with van der Waals surface area (Å²) < 4.78 is 0. The largest absolute Gasteiger partial charge is 0.368 e. The summed E-state index contributed by atoms with van der Waals surface area (Å²) in [7, 11) is 0. The third-order valence-electron chi connectivity index (χ3n) is 4.60. The van der Waals surface area contributed by atoms with Gasteiger partial charge in [0.2, 0.25) is 11.8 Å². The molecule has 2 fully saturated rings. The van der Waals surface area contributed by atoms with Crippen molar-refractivity contribution in [1.82, 2.24) is 15.5 Å². The van der Waals surface area contributed by atoms with E-state index in [9.17, 15) is 9.59 Å². The highest BCUT2D eigenvalue weighted by Gasteiger charge is 2.24. The van der Waals surface area contributed by atoms with Crippen LogP contribution in [0.2, 0.25) is 5.02 Å². The first-order chi connectivity index (χ1) is 11.6. The van der Waals surface area contributed by atoms with E-state index in [4.69, 9.17) is 11.6 Å². The number of anilines is 1. The van der Waals surface area contributed by atoms with Gasteiger partial charge in [0.1, 0.15) is 0 Å². The second kappa shape index (κ2) is 7.85. The normalized spacial score (nSPS) is 21.0. The van der Waals surface area contributed by atoms with Crippen molar-refractivity contribution in [2.45, 2.75) is 18.9 Å². The maximum Gasteiger partial charge on any atom is 0.242 e. The van der Waals surface area contributed by atoms with Gasteiger partial charge in [0.15, 0.2) is 0 Å². The lowest BCUT2D eigenvalue weighted by Crippen LogP contribution is -2.52. The molecule has 0 saturated carbocycles. The van der Waals surface area contributed by atoms with Crippen molar-refractivity contribution in [3.05, 3.63) is 29.3 Å². The van der Waals surface area contributed by atoms with Gasteiger partial charge in [0.25, 0.3) is 0 Å². The van der Waals surface area contributed by atoms with Gasteiger partial charge in [0, 0.05) is 36.9 Å². The summed E-state index contributed by atoms with van der Waals surface area (Å²) >= 11 is 6.03. The third-order valence-corrected chi connectivity index (χ3v) is 4.83. The second-order valence-corrected chi connectivity index (χ2v) is 6.65. The number of carbonyl (C=O) groups is 2. The van der Waals surface area contributed by atoms with Crippen LogP contribution in [-0.2, 0) is 9.59 Å². The minimum atomic E-state index is -0.141. The maximum absolute atomic E-state index is 12.3. The molecule has 0 spiro atoms. The highest BCUT2D eigenvalue weighted by atomic mass is 35.5. The Morgan fingerprint density at radius 2 is 2.04 bits per heavy atom. The summed E-state index contributed by atoms with van der Waals surface area (Å²) in [6.07, 6.45) is 1.86. The lowest BCUT2D eigenvalue weighted by Gasteiger charge is -2.36. The molecule has 6 nitrogen and oxygen atoms in total. The lowest BCUT2D eigenvalue weighted by molar-refractivity contribution is -0.133. The average Bonchev–Trinajstić information content (AvgIpc) is 3.14. The molecule has 24 heavy (non-hydrogen) atoms. The molecule has 3 rings (SSSR count). The molecule has 0 aromatic heterocycles. The van der Waals surface area contributed by atoms with Crippen LogP contribution in [-0.4, -0.2) is 62.0 Å². The summed E-state index contributed by atoms with van der Waals surface area (Å²) in [5.74, 6) is -0.0921. The number of rotatable bonds is 4. The Kier molecular flexibility index (Phi) is 5.58. The molecule has 1 atom stereocenters. The Hall–Kier alpha value is -1.79. The summed E-state index contributed by atoms with van der Waals surface area (Å²) in [6, 6.07) is 7.61. The topological polar surface area (TPSA) is 64.7 Å². The molecule has 130 valence electrons. The fourth-order valence-electron chi connectivity index (χ4n) is 3.19. The number of nitrogens with one attached hydrogen (secondary N) is 2. The van der Waals surface area contributed by atoms with Crippen LogP contribution in [0.15, 0.2) is 24.3 Å². The number of piperazine rings is 1. The molecule has 2 heterocycles. The molecule has 2 amide bonds. The summed E-state index contributed by atoms with van der Waals surface area (Å²) in [6.45, 7) is 3.80. The predicted molar refractivity (Wildman–Crippen MR) is 94.3 cm³/mol. The highest BCUT2D eigenvalue weighted by molar-refractivity contribution is 6.30. The van der Waals surface area contributed by atoms with Crippen molar-refractivity contribution in [3.63, 3.8) is 0 Å². The van der Waals surface area contributed by atoms with E-state index in [1.807, 2.05) is 29.2 Å². The van der Waals surface area contributed by atoms with Crippen LogP contribution in [0.4, 0.5) is 5.69 Å². The van der Waals surface area contributed by atoms with Crippen molar-refractivity contribution < 1.29 is 9.59 Å². The Balaban J connectivity index is 1.44. The summed E-state index contributed by atoms with van der Waals surface area (Å²) in [5, 5.41) is 6.60. The molecule has 1 aromatic carbocycles. The van der Waals surface area contributed by atoms with Gasteiger partial charge < -0.3 is 20.4 Å². The van der Waals surface area contributed by atoms with Gasteiger partial charge in [-0.1, -0.05) is 17.7 Å². The van der Waals surface area contributed by atoms with Gasteiger partial charge in [-0.2, -0.15) is 0 Å². The molecule has 7 heteroatoms. The second-order valence-electron chi connectivity index (χ2n) is 6.21. The molecule has 2 aliphatic rings. The van der Waals surface area contributed by atoms with Gasteiger partial charge in [-0.25, -0.2) is 0 Å². The van der Waals surface area contributed by atoms with Gasteiger partial charge in [-0.15, -0.1) is 0 Å². The lowest BCUT2D eigenvalue weighted by atomic mass is 10.2. The van der Waals surface area contributed by atoms with E-state index in [0.717, 1.165) is 38.2 Å². The average molecular weight is 351 g/mol. The highest BCUT2D eigenvalue weighted by Crippen LogP contribution is 2.20. The molecular formula is C17H23ClN4O2. The minimum absolute atomic E-state index is 0.0212. The quantitative estimate of drug-likeness (QED) is 0.845. The van der Waals surface area contributed by atoms with E-state index in [1.54, 1.807) is 0 Å². The standard InChI is InChI=1S/C17H23ClN4O2/c18-13-3-1-4-14(11-13)21-7-9-22(10-8-21)16(23)12-20-17(24)15-5-2-6-19-15/h1,3-4,11,15,19H,2,5-10,12H2,(H,20,24)/t15-/m0/s1. The number of benzene rings is 1. The van der Waals surface area contributed by atoms with Crippen LogP contribution in [0.25, 0.3) is 0 Å². The molecular weight excluding hydrogens is 328 g/mol. The number of carbonyl (C=O) groups excluding carboxylic acids is 2. The van der Waals surface area contributed by atoms with Gasteiger partial charge in [-0.3, -0.25) is 9.59 Å². The van der Waals surface area contributed by atoms with E-state index in [0.29, 0.717) is 18.1 Å². The Bertz CT molecular complexity index is 596. The molecule has 0 aliphatic carbocycles. The van der Waals surface area contributed by atoms with E-state index in [1.165, 1.54) is 0 Å². The molecule has 0 unspecified atom stereocenters. The summed E-state index contributed by atoms with van der Waals surface area (Å²) in [4.78, 5) is 28.2. The zero-order valence-electron chi connectivity index (χ0n) is 13.6. The van der Waals surface area contributed by atoms with Crippen molar-refractivity contribution in [3.8, 4) is 0 Å². The predicted octanol–water partition coefficient (Wildman–Crippen LogP) is 0.857. The first-order valence-corrected chi connectivity index (χ1v) is 8.80. The van der Waals surface area contributed by atoms with Crippen molar-refractivity contribution in [2.75, 3.05) is 44.2 Å². The minimum Gasteiger partial charge on any atom is -0.368 e. The maximum atomic E-state index is 12.3. The first kappa shape index (κ1) is 17.0. The molecule has 1 aromatic rings. The summed E-state index contributed by atoms with van der Waals surface area (Å²) in [5.41, 5.74) is 1.08. The van der Waals surface area contributed by atoms with Crippen LogP contribution >= 0.6 is 11.6 Å². The number of hydrogen-bond acceptors (Lipinski definition) is 4. The first-order valence-electron chi connectivity index (χ1n) is 8.43. The van der Waals surface area contributed by atoms with Crippen LogP contribution in [0.3, 0.4) is 0 Å². The van der Waals surface area contributed by atoms with E-state index in [2.05, 4.69) is 15.5 Å². The zero-order valence-corrected chi connectivity index (χ0v) is 14.4. The van der Waals surface area contributed by atoms with Crippen LogP contribution in [0.1, 0.15) is 12.8 Å². The van der Waals surface area contributed by atoms with E-state index < -0.39 is 0 Å². The van der Waals surface area contributed by atoms with Crippen molar-refractivity contribution in [2.24, 2.45) is 0 Å². The zero-order chi connectivity index (χ0) is 16.9. The smallest absolute Gasteiger partial charge is 0.242 e. The fraction of sp³-hybridized carbons (Fsp3) is 0.529. The number of nitrogens with zero attached hydrogens (tertiary/aromatic N) is 2. The van der Waals surface area contributed by atoms with Gasteiger partial charge in [-0.05, 0) is 37.6 Å². The molecule has 0 radical (unpaired) electrons. The van der Waals surface area contributed by atoms with Gasteiger partial charge >= 0.3 is 0 Å². The Morgan fingerprint density at radius 3 is 2.71 bits per heavy atom. The van der Waals surface area contributed by atoms with E-state index >= 15 is 0 Å². The third kappa shape index (κ3) is 4.19. The monoisotopic (exact) mass is 350 g/mol. The Labute approximate surface area is 147 Å². The Morgan fingerprint density at radius 1 is 1.25 bits per heavy atom. The number of amides is 2.